The minimum absolute atomic E-state index is 0.394. The van der Waals surface area contributed by atoms with Gasteiger partial charge in [0, 0.05) is 16.6 Å². The normalized spacial score (nSPS) is 10.6. The number of ether oxygens (including phenoxy) is 3. The molecule has 0 aliphatic carbocycles. The summed E-state index contributed by atoms with van der Waals surface area (Å²) < 4.78 is 18.4. The monoisotopic (exact) mass is 533 g/mol. The van der Waals surface area contributed by atoms with Crippen LogP contribution in [0.5, 0.6) is 17.2 Å². The molecular weight excluding hydrogens is 502 g/mol. The summed E-state index contributed by atoms with van der Waals surface area (Å²) in [6.45, 7) is 7.97. The van der Waals surface area contributed by atoms with Gasteiger partial charge in [-0.2, -0.15) is 5.10 Å². The highest BCUT2D eigenvalue weighted by molar-refractivity contribution is 9.10. The summed E-state index contributed by atoms with van der Waals surface area (Å²) in [4.78, 5) is 0. The molecule has 0 saturated heterocycles. The summed E-state index contributed by atoms with van der Waals surface area (Å²) in [6, 6.07) is 13.4. The molecule has 2 rings (SSSR count). The maximum atomic E-state index is 5.89. The SMILES string of the molecule is C=CCNC(=S)N/N=C\c1cc(Br)ccc1OCCOc1ccc(OCCCCCC)cc1. The van der Waals surface area contributed by atoms with Gasteiger partial charge >= 0.3 is 0 Å². The van der Waals surface area contributed by atoms with Crippen LogP contribution in [-0.4, -0.2) is 37.7 Å². The lowest BCUT2D eigenvalue weighted by atomic mass is 10.2. The Kier molecular flexibility index (Phi) is 13.0. The average molecular weight is 535 g/mol. The Labute approximate surface area is 210 Å². The second-order valence-electron chi connectivity index (χ2n) is 7.13. The molecule has 0 atom stereocenters. The van der Waals surface area contributed by atoms with Crippen molar-refractivity contribution >= 4 is 39.5 Å². The molecule has 0 heterocycles. The third-order valence-corrected chi connectivity index (χ3v) is 5.18. The molecule has 0 aliphatic rings. The van der Waals surface area contributed by atoms with Crippen LogP contribution in [0.3, 0.4) is 0 Å². The molecule has 0 aromatic heterocycles. The molecule has 0 bridgehead atoms. The van der Waals surface area contributed by atoms with Crippen LogP contribution < -0.4 is 25.0 Å². The number of nitrogens with zero attached hydrogens (tertiary/aromatic N) is 1. The highest BCUT2D eigenvalue weighted by Crippen LogP contribution is 2.22. The molecule has 33 heavy (non-hydrogen) atoms. The van der Waals surface area contributed by atoms with Gasteiger partial charge in [0.2, 0.25) is 0 Å². The second kappa shape index (κ2) is 16.1. The molecule has 0 radical (unpaired) electrons. The molecule has 0 spiro atoms. The summed E-state index contributed by atoms with van der Waals surface area (Å²) >= 11 is 8.60. The molecule has 178 valence electrons. The van der Waals surface area contributed by atoms with E-state index in [1.165, 1.54) is 19.3 Å². The summed E-state index contributed by atoms with van der Waals surface area (Å²) in [6.07, 6.45) is 8.15. The number of rotatable bonds is 15. The lowest BCUT2D eigenvalue weighted by molar-refractivity contribution is 0.216. The van der Waals surface area contributed by atoms with Gasteiger partial charge < -0.3 is 19.5 Å². The van der Waals surface area contributed by atoms with Crippen molar-refractivity contribution in [3.63, 3.8) is 0 Å². The van der Waals surface area contributed by atoms with Crippen molar-refractivity contribution in [1.82, 2.24) is 10.7 Å². The van der Waals surface area contributed by atoms with Crippen molar-refractivity contribution in [2.45, 2.75) is 32.6 Å². The highest BCUT2D eigenvalue weighted by Gasteiger charge is 2.04. The zero-order valence-corrected chi connectivity index (χ0v) is 21.4. The van der Waals surface area contributed by atoms with Crippen LogP contribution >= 0.6 is 28.1 Å². The number of hydrogen-bond donors (Lipinski definition) is 2. The highest BCUT2D eigenvalue weighted by atomic mass is 79.9. The van der Waals surface area contributed by atoms with Crippen LogP contribution in [0.15, 0.2) is 64.7 Å². The van der Waals surface area contributed by atoms with Gasteiger partial charge in [0.05, 0.1) is 12.8 Å². The topological polar surface area (TPSA) is 64.1 Å². The number of thiocarbonyl (C=S) groups is 1. The quantitative estimate of drug-likeness (QED) is 0.0983. The number of benzene rings is 2. The summed E-state index contributed by atoms with van der Waals surface area (Å²) in [5, 5.41) is 7.53. The van der Waals surface area contributed by atoms with E-state index in [0.29, 0.717) is 30.6 Å². The van der Waals surface area contributed by atoms with Crippen LogP contribution in [0.1, 0.15) is 38.2 Å². The van der Waals surface area contributed by atoms with E-state index in [2.05, 4.69) is 45.3 Å². The first-order valence-corrected chi connectivity index (χ1v) is 12.3. The fourth-order valence-corrected chi connectivity index (χ4v) is 3.29. The van der Waals surface area contributed by atoms with Crippen LogP contribution in [0.2, 0.25) is 0 Å². The first kappa shape index (κ1) is 26.7. The van der Waals surface area contributed by atoms with Gasteiger partial charge in [-0.3, -0.25) is 5.43 Å². The van der Waals surface area contributed by atoms with E-state index in [1.54, 1.807) is 12.3 Å². The van der Waals surface area contributed by atoms with Gasteiger partial charge in [-0.15, -0.1) is 6.58 Å². The molecule has 0 amide bonds. The molecule has 0 aliphatic heterocycles. The number of unbranched alkanes of at least 4 members (excludes halogenated alkanes) is 3. The molecular formula is C25H32BrN3O3S. The fourth-order valence-electron chi connectivity index (χ4n) is 2.78. The Hall–Kier alpha value is -2.58. The zero-order chi connectivity index (χ0) is 23.7. The van der Waals surface area contributed by atoms with Crippen molar-refractivity contribution in [2.75, 3.05) is 26.4 Å². The molecule has 2 aromatic rings. The van der Waals surface area contributed by atoms with Crippen LogP contribution in [0.4, 0.5) is 0 Å². The van der Waals surface area contributed by atoms with Gasteiger partial charge in [-0.25, -0.2) is 0 Å². The maximum Gasteiger partial charge on any atom is 0.187 e. The number of hydrogen-bond acceptors (Lipinski definition) is 5. The molecule has 0 unspecified atom stereocenters. The number of halogens is 1. The van der Waals surface area contributed by atoms with E-state index < -0.39 is 0 Å². The summed E-state index contributed by atoms with van der Waals surface area (Å²) in [5.41, 5.74) is 3.57. The second-order valence-corrected chi connectivity index (χ2v) is 8.45. The minimum atomic E-state index is 0.394. The maximum absolute atomic E-state index is 5.89. The standard InChI is InChI=1S/C25H32BrN3O3S/c1-3-5-6-7-15-30-22-9-11-23(12-10-22)31-16-17-32-24-13-8-21(26)18-20(24)19-28-29-25(33)27-14-4-2/h4,8-13,18-19H,2-3,5-7,14-17H2,1H3,(H2,27,29,33)/b28-19-. The third kappa shape index (κ3) is 11.2. The molecule has 2 aromatic carbocycles. The van der Waals surface area contributed by atoms with Crippen LogP contribution in [0, 0.1) is 0 Å². The molecule has 2 N–H and O–H groups in total. The lowest BCUT2D eigenvalue weighted by Gasteiger charge is -2.11. The lowest BCUT2D eigenvalue weighted by Crippen LogP contribution is -2.31. The Morgan fingerprint density at radius 3 is 2.39 bits per heavy atom. The number of nitrogens with one attached hydrogen (secondary N) is 2. The smallest absolute Gasteiger partial charge is 0.187 e. The van der Waals surface area contributed by atoms with Gasteiger partial charge in [-0.05, 0) is 61.1 Å². The Bertz CT molecular complexity index is 891. The van der Waals surface area contributed by atoms with Crippen LogP contribution in [-0.2, 0) is 0 Å². The van der Waals surface area contributed by atoms with E-state index >= 15 is 0 Å². The van der Waals surface area contributed by atoms with Crippen molar-refractivity contribution in [3.05, 3.63) is 65.2 Å². The Morgan fingerprint density at radius 1 is 1.00 bits per heavy atom. The van der Waals surface area contributed by atoms with Crippen LogP contribution in [0.25, 0.3) is 0 Å². The van der Waals surface area contributed by atoms with Crippen molar-refractivity contribution in [3.8, 4) is 17.2 Å². The van der Waals surface area contributed by atoms with E-state index in [9.17, 15) is 0 Å². The van der Waals surface area contributed by atoms with Crippen molar-refractivity contribution in [1.29, 1.82) is 0 Å². The molecule has 6 nitrogen and oxygen atoms in total. The average Bonchev–Trinajstić information content (AvgIpc) is 2.82. The van der Waals surface area contributed by atoms with E-state index in [0.717, 1.165) is 34.6 Å². The summed E-state index contributed by atoms with van der Waals surface area (Å²) in [7, 11) is 0. The zero-order valence-electron chi connectivity index (χ0n) is 19.0. The first-order chi connectivity index (χ1) is 16.1. The Balaban J connectivity index is 1.76. The molecule has 0 fully saturated rings. The van der Waals surface area contributed by atoms with Gasteiger partial charge in [-0.1, -0.05) is 48.2 Å². The summed E-state index contributed by atoms with van der Waals surface area (Å²) in [5.74, 6) is 2.34. The predicted molar refractivity (Wildman–Crippen MR) is 143 cm³/mol. The van der Waals surface area contributed by atoms with Gasteiger partial charge in [0.15, 0.2) is 5.11 Å². The fraction of sp³-hybridized carbons (Fsp3) is 0.360. The first-order valence-electron chi connectivity index (χ1n) is 11.1. The number of hydrazone groups is 1. The van der Waals surface area contributed by atoms with Gasteiger partial charge in [0.1, 0.15) is 30.5 Å². The predicted octanol–water partition coefficient (Wildman–Crippen LogP) is 5.85. The van der Waals surface area contributed by atoms with E-state index in [-0.39, 0.29) is 0 Å². The largest absolute Gasteiger partial charge is 0.494 e. The van der Waals surface area contributed by atoms with E-state index in [4.69, 9.17) is 26.4 Å². The molecule has 0 saturated carbocycles. The third-order valence-electron chi connectivity index (χ3n) is 4.45. The van der Waals surface area contributed by atoms with Crippen molar-refractivity contribution < 1.29 is 14.2 Å². The van der Waals surface area contributed by atoms with E-state index in [1.807, 2.05) is 42.5 Å². The molecule has 8 heteroatoms. The minimum Gasteiger partial charge on any atom is -0.494 e. The van der Waals surface area contributed by atoms with Gasteiger partial charge in [0.25, 0.3) is 0 Å². The Morgan fingerprint density at radius 2 is 1.70 bits per heavy atom. The van der Waals surface area contributed by atoms with Crippen molar-refractivity contribution in [2.24, 2.45) is 5.10 Å².